The second-order valence-electron chi connectivity index (χ2n) is 5.53. The van der Waals surface area contributed by atoms with Crippen molar-refractivity contribution in [3.05, 3.63) is 34.9 Å². The first-order chi connectivity index (χ1) is 9.20. The number of likely N-dealkylation sites (N-methyl/N-ethyl adjacent to an activating group) is 1. The zero-order chi connectivity index (χ0) is 13.4. The van der Waals surface area contributed by atoms with Gasteiger partial charge < -0.3 is 14.4 Å². The van der Waals surface area contributed by atoms with Crippen LogP contribution in [0, 0.1) is 0 Å². The molecule has 0 aromatic heterocycles. The van der Waals surface area contributed by atoms with Crippen LogP contribution in [0.25, 0.3) is 5.57 Å². The van der Waals surface area contributed by atoms with Crippen molar-refractivity contribution >= 4 is 5.57 Å². The molecule has 0 bridgehead atoms. The standard InChI is InChI=1S/C16H21NO2/c1-17(2)8-6-11-10-15(18-3)12-4-5-14-13(16(11)12)7-9-19-14/h4-6,15H,7-10H2,1-3H3/b11-6+. The van der Waals surface area contributed by atoms with E-state index in [0.717, 1.165) is 31.7 Å². The molecule has 0 fully saturated rings. The van der Waals surface area contributed by atoms with E-state index >= 15 is 0 Å². The van der Waals surface area contributed by atoms with E-state index in [0.29, 0.717) is 0 Å². The van der Waals surface area contributed by atoms with Gasteiger partial charge in [-0.05, 0) is 36.9 Å². The van der Waals surface area contributed by atoms with Crippen molar-refractivity contribution in [3.63, 3.8) is 0 Å². The van der Waals surface area contributed by atoms with Crippen LogP contribution in [-0.2, 0) is 11.2 Å². The number of rotatable bonds is 3. The quantitative estimate of drug-likeness (QED) is 0.833. The van der Waals surface area contributed by atoms with Gasteiger partial charge in [0.2, 0.25) is 0 Å². The summed E-state index contributed by atoms with van der Waals surface area (Å²) < 4.78 is 11.3. The molecule has 3 rings (SSSR count). The Morgan fingerprint density at radius 2 is 2.26 bits per heavy atom. The van der Waals surface area contributed by atoms with Gasteiger partial charge >= 0.3 is 0 Å². The van der Waals surface area contributed by atoms with Gasteiger partial charge in [-0.15, -0.1) is 0 Å². The molecule has 1 aromatic carbocycles. The molecule has 0 saturated carbocycles. The number of methoxy groups -OCH3 is 1. The van der Waals surface area contributed by atoms with E-state index in [4.69, 9.17) is 9.47 Å². The second-order valence-corrected chi connectivity index (χ2v) is 5.53. The Bertz CT molecular complexity index is 520. The van der Waals surface area contributed by atoms with Crippen molar-refractivity contribution in [1.82, 2.24) is 4.90 Å². The molecule has 1 aromatic rings. The predicted octanol–water partition coefficient (Wildman–Crippen LogP) is 2.66. The third-order valence-corrected chi connectivity index (χ3v) is 3.97. The van der Waals surface area contributed by atoms with E-state index in [1.165, 1.54) is 22.3 Å². The first-order valence-corrected chi connectivity index (χ1v) is 6.86. The topological polar surface area (TPSA) is 21.7 Å². The minimum absolute atomic E-state index is 0.203. The summed E-state index contributed by atoms with van der Waals surface area (Å²) in [7, 11) is 5.99. The molecule has 3 nitrogen and oxygen atoms in total. The summed E-state index contributed by atoms with van der Waals surface area (Å²) in [5.74, 6) is 1.06. The summed E-state index contributed by atoms with van der Waals surface area (Å²) in [5.41, 5.74) is 5.51. The van der Waals surface area contributed by atoms with Crippen LogP contribution in [0.15, 0.2) is 18.2 Å². The molecule has 0 radical (unpaired) electrons. The smallest absolute Gasteiger partial charge is 0.123 e. The zero-order valence-electron chi connectivity index (χ0n) is 11.9. The van der Waals surface area contributed by atoms with Crippen LogP contribution < -0.4 is 4.74 Å². The van der Waals surface area contributed by atoms with Gasteiger partial charge in [0.25, 0.3) is 0 Å². The Hall–Kier alpha value is -1.32. The van der Waals surface area contributed by atoms with Gasteiger partial charge in [0.05, 0.1) is 12.7 Å². The predicted molar refractivity (Wildman–Crippen MR) is 76.5 cm³/mol. The highest BCUT2D eigenvalue weighted by Crippen LogP contribution is 2.46. The monoisotopic (exact) mass is 259 g/mol. The maximum atomic E-state index is 5.69. The van der Waals surface area contributed by atoms with Crippen LogP contribution >= 0.6 is 0 Å². The molecule has 0 saturated heterocycles. The molecule has 2 aliphatic rings. The van der Waals surface area contributed by atoms with Crippen molar-refractivity contribution in [2.45, 2.75) is 18.9 Å². The van der Waals surface area contributed by atoms with E-state index in [1.807, 2.05) is 0 Å². The van der Waals surface area contributed by atoms with E-state index in [1.54, 1.807) is 7.11 Å². The van der Waals surface area contributed by atoms with E-state index in [9.17, 15) is 0 Å². The number of nitrogens with zero attached hydrogens (tertiary/aromatic N) is 1. The first-order valence-electron chi connectivity index (χ1n) is 6.86. The number of benzene rings is 1. The molecule has 1 atom stereocenters. The van der Waals surface area contributed by atoms with E-state index < -0.39 is 0 Å². The Balaban J connectivity index is 2.05. The maximum Gasteiger partial charge on any atom is 0.123 e. The Labute approximate surface area is 114 Å². The lowest BCUT2D eigenvalue weighted by atomic mass is 9.98. The Morgan fingerprint density at radius 3 is 3.00 bits per heavy atom. The van der Waals surface area contributed by atoms with E-state index in [-0.39, 0.29) is 6.10 Å². The van der Waals surface area contributed by atoms with Crippen molar-refractivity contribution in [2.24, 2.45) is 0 Å². The maximum absolute atomic E-state index is 5.69. The summed E-state index contributed by atoms with van der Waals surface area (Å²) in [6.45, 7) is 1.78. The molecule has 1 aliphatic carbocycles. The average molecular weight is 259 g/mol. The van der Waals surface area contributed by atoms with Crippen LogP contribution in [-0.4, -0.2) is 39.3 Å². The van der Waals surface area contributed by atoms with Crippen molar-refractivity contribution < 1.29 is 9.47 Å². The van der Waals surface area contributed by atoms with Gasteiger partial charge in [-0.3, -0.25) is 0 Å². The summed E-state index contributed by atoms with van der Waals surface area (Å²) in [4.78, 5) is 2.19. The summed E-state index contributed by atoms with van der Waals surface area (Å²) in [6, 6.07) is 4.27. The molecular formula is C16H21NO2. The lowest BCUT2D eigenvalue weighted by molar-refractivity contribution is 0.112. The highest BCUT2D eigenvalue weighted by atomic mass is 16.5. The van der Waals surface area contributed by atoms with Gasteiger partial charge in [-0.2, -0.15) is 0 Å². The lowest BCUT2D eigenvalue weighted by Gasteiger charge is -2.10. The third kappa shape index (κ3) is 2.17. The summed E-state index contributed by atoms with van der Waals surface area (Å²) >= 11 is 0. The molecule has 19 heavy (non-hydrogen) atoms. The molecule has 3 heteroatoms. The molecular weight excluding hydrogens is 238 g/mol. The molecule has 1 heterocycles. The highest BCUT2D eigenvalue weighted by molar-refractivity contribution is 5.78. The molecule has 102 valence electrons. The van der Waals surface area contributed by atoms with E-state index in [2.05, 4.69) is 37.2 Å². The van der Waals surface area contributed by atoms with Crippen LogP contribution in [0.3, 0.4) is 0 Å². The number of hydrogen-bond acceptors (Lipinski definition) is 3. The molecule has 0 spiro atoms. The summed E-state index contributed by atoms with van der Waals surface area (Å²) in [6.07, 6.45) is 4.54. The van der Waals surface area contributed by atoms with Crippen molar-refractivity contribution in [3.8, 4) is 5.75 Å². The number of fused-ring (bicyclic) bond motifs is 3. The molecule has 1 unspecified atom stereocenters. The number of hydrogen-bond donors (Lipinski definition) is 0. The fraction of sp³-hybridized carbons (Fsp3) is 0.500. The van der Waals surface area contributed by atoms with Gasteiger partial charge in [-0.25, -0.2) is 0 Å². The van der Waals surface area contributed by atoms with Gasteiger partial charge in [0.1, 0.15) is 5.75 Å². The van der Waals surface area contributed by atoms with Gasteiger partial charge in [-0.1, -0.05) is 12.1 Å². The normalized spacial score (nSPS) is 22.7. The van der Waals surface area contributed by atoms with Crippen molar-refractivity contribution in [2.75, 3.05) is 34.4 Å². The fourth-order valence-corrected chi connectivity index (χ4v) is 3.04. The minimum Gasteiger partial charge on any atom is -0.493 e. The highest BCUT2D eigenvalue weighted by Gasteiger charge is 2.31. The third-order valence-electron chi connectivity index (χ3n) is 3.97. The largest absolute Gasteiger partial charge is 0.493 e. The number of ether oxygens (including phenoxy) is 2. The minimum atomic E-state index is 0.203. The molecule has 0 amide bonds. The van der Waals surface area contributed by atoms with Crippen LogP contribution in [0.2, 0.25) is 0 Å². The second kappa shape index (κ2) is 4.99. The SMILES string of the molecule is COC1C/C(=C\CN(C)C)c2c1ccc1c2CCO1. The lowest BCUT2D eigenvalue weighted by Crippen LogP contribution is -2.11. The van der Waals surface area contributed by atoms with Crippen LogP contribution in [0.5, 0.6) is 5.75 Å². The molecule has 0 N–H and O–H groups in total. The van der Waals surface area contributed by atoms with Crippen LogP contribution in [0.1, 0.15) is 29.2 Å². The fourth-order valence-electron chi connectivity index (χ4n) is 3.04. The summed E-state index contributed by atoms with van der Waals surface area (Å²) in [5, 5.41) is 0. The molecule has 1 aliphatic heterocycles. The van der Waals surface area contributed by atoms with Crippen molar-refractivity contribution in [1.29, 1.82) is 0 Å². The Morgan fingerprint density at radius 1 is 1.42 bits per heavy atom. The van der Waals surface area contributed by atoms with Gasteiger partial charge in [0.15, 0.2) is 0 Å². The Kier molecular flexibility index (Phi) is 3.33. The first kappa shape index (κ1) is 12.7. The zero-order valence-corrected chi connectivity index (χ0v) is 11.9. The average Bonchev–Trinajstić information content (AvgIpc) is 2.99. The van der Waals surface area contributed by atoms with Crippen LogP contribution in [0.4, 0.5) is 0 Å². The van der Waals surface area contributed by atoms with Gasteiger partial charge in [0, 0.05) is 32.1 Å².